The topological polar surface area (TPSA) is 125 Å². The van der Waals surface area contributed by atoms with Crippen molar-refractivity contribution in [3.63, 3.8) is 0 Å². The molecule has 0 saturated heterocycles. The highest BCUT2D eigenvalue weighted by molar-refractivity contribution is 6.47. The molecule has 2 rings (SSSR count). The Balaban J connectivity index is 2.03. The van der Waals surface area contributed by atoms with Crippen molar-refractivity contribution in [1.29, 1.82) is 0 Å². The molecule has 10 heteroatoms. The molecule has 1 aliphatic rings. The van der Waals surface area contributed by atoms with E-state index in [9.17, 15) is 24.2 Å². The summed E-state index contributed by atoms with van der Waals surface area (Å²) in [5, 5.41) is 10.4. The first kappa shape index (κ1) is 24.4. The zero-order chi connectivity index (χ0) is 23.1. The standard InChI is InChI=1S/C21H27BO9/c1-12(2)28-21(26)30-14(4)29-20(25)18-7-5-6-15-10-16(22(27)31-19(15)18)11-17(24)9-8-13(3)23/h5-7,12,14,16,27H,8-11H2,1-4H3/t14?,16-/m1/s1. The minimum atomic E-state index is -1.29. The van der Waals surface area contributed by atoms with E-state index >= 15 is 0 Å². The van der Waals surface area contributed by atoms with Gasteiger partial charge in [0.05, 0.1) is 6.10 Å². The van der Waals surface area contributed by atoms with Crippen molar-refractivity contribution in [3.8, 4) is 5.75 Å². The monoisotopic (exact) mass is 434 g/mol. The Hall–Kier alpha value is -2.88. The Bertz CT molecular complexity index is 836. The molecule has 0 radical (unpaired) electrons. The number of ketones is 2. The van der Waals surface area contributed by atoms with Crippen LogP contribution in [0.4, 0.5) is 4.79 Å². The van der Waals surface area contributed by atoms with Crippen molar-refractivity contribution < 1.29 is 43.1 Å². The zero-order valence-electron chi connectivity index (χ0n) is 18.1. The first-order valence-corrected chi connectivity index (χ1v) is 10.1. The van der Waals surface area contributed by atoms with Gasteiger partial charge in [-0.25, -0.2) is 9.59 Å². The molecule has 31 heavy (non-hydrogen) atoms. The van der Waals surface area contributed by atoms with Crippen molar-refractivity contribution in [2.75, 3.05) is 0 Å². The van der Waals surface area contributed by atoms with Gasteiger partial charge >= 0.3 is 19.2 Å². The smallest absolute Gasteiger partial charge is 0.526 e. The SMILES string of the molecule is CC(=O)CCC(=O)C[C@H]1Cc2cccc(C(=O)OC(C)OC(=O)OC(C)C)c2OB1O. The van der Waals surface area contributed by atoms with Crippen LogP contribution >= 0.6 is 0 Å². The number of carbonyl (C=O) groups excluding carboxylic acids is 4. The summed E-state index contributed by atoms with van der Waals surface area (Å²) >= 11 is 0. The number of ether oxygens (including phenoxy) is 3. The summed E-state index contributed by atoms with van der Waals surface area (Å²) < 4.78 is 20.4. The lowest BCUT2D eigenvalue weighted by Gasteiger charge is -2.28. The Labute approximate surface area is 181 Å². The highest BCUT2D eigenvalue weighted by atomic mass is 16.8. The lowest BCUT2D eigenvalue weighted by molar-refractivity contribution is -0.123. The fourth-order valence-electron chi connectivity index (χ4n) is 3.12. The van der Waals surface area contributed by atoms with Crippen LogP contribution in [-0.4, -0.2) is 48.2 Å². The quantitative estimate of drug-likeness (QED) is 0.355. The molecule has 0 aliphatic carbocycles. The minimum absolute atomic E-state index is 0.0607. The third-order valence-corrected chi connectivity index (χ3v) is 4.55. The summed E-state index contributed by atoms with van der Waals surface area (Å²) in [6.07, 6.45) is -1.88. The Morgan fingerprint density at radius 2 is 1.84 bits per heavy atom. The number of Topliss-reactive ketones (excluding diaryl/α,β-unsaturated/α-hetero) is 2. The maximum atomic E-state index is 12.5. The number of carbonyl (C=O) groups is 4. The first-order valence-electron chi connectivity index (χ1n) is 10.1. The highest BCUT2D eigenvalue weighted by Gasteiger charge is 2.38. The van der Waals surface area contributed by atoms with Gasteiger partial charge in [0.2, 0.25) is 6.29 Å². The predicted molar refractivity (Wildman–Crippen MR) is 110 cm³/mol. The number of benzene rings is 1. The van der Waals surface area contributed by atoms with Gasteiger partial charge in [-0.3, -0.25) is 4.79 Å². The molecule has 1 aromatic rings. The number of esters is 1. The molecule has 168 valence electrons. The van der Waals surface area contributed by atoms with Gasteiger partial charge in [-0.15, -0.1) is 0 Å². The number of hydrogen-bond donors (Lipinski definition) is 1. The average Bonchev–Trinajstić information content (AvgIpc) is 2.65. The summed E-state index contributed by atoms with van der Waals surface area (Å²) in [6, 6.07) is 4.82. The van der Waals surface area contributed by atoms with Gasteiger partial charge < -0.3 is 28.7 Å². The molecular formula is C21H27BO9. The summed E-state index contributed by atoms with van der Waals surface area (Å²) in [6.45, 7) is 6.09. The number of para-hydroxylation sites is 1. The van der Waals surface area contributed by atoms with Crippen molar-refractivity contribution in [2.24, 2.45) is 0 Å². The number of hydrogen-bond acceptors (Lipinski definition) is 9. The molecule has 1 aliphatic heterocycles. The van der Waals surface area contributed by atoms with E-state index in [0.29, 0.717) is 12.0 Å². The molecule has 0 fully saturated rings. The molecule has 2 atom stereocenters. The molecule has 0 bridgehead atoms. The van der Waals surface area contributed by atoms with Crippen LogP contribution in [0.5, 0.6) is 5.75 Å². The van der Waals surface area contributed by atoms with E-state index in [4.69, 9.17) is 18.9 Å². The van der Waals surface area contributed by atoms with Crippen LogP contribution in [0.2, 0.25) is 5.82 Å². The van der Waals surface area contributed by atoms with Crippen LogP contribution in [0.3, 0.4) is 0 Å². The summed E-state index contributed by atoms with van der Waals surface area (Å²) in [5.74, 6) is -1.35. The number of rotatable bonds is 9. The molecule has 1 N–H and O–H groups in total. The fourth-order valence-corrected chi connectivity index (χ4v) is 3.12. The molecule has 1 aromatic carbocycles. The van der Waals surface area contributed by atoms with Crippen LogP contribution in [-0.2, 0) is 30.2 Å². The van der Waals surface area contributed by atoms with E-state index in [2.05, 4.69) is 0 Å². The van der Waals surface area contributed by atoms with Gasteiger partial charge in [-0.1, -0.05) is 12.1 Å². The molecule has 0 saturated carbocycles. The van der Waals surface area contributed by atoms with Crippen LogP contribution in [0.1, 0.15) is 62.9 Å². The number of fused-ring (bicyclic) bond motifs is 1. The van der Waals surface area contributed by atoms with Crippen LogP contribution in [0.25, 0.3) is 0 Å². The van der Waals surface area contributed by atoms with Crippen molar-refractivity contribution in [3.05, 3.63) is 29.3 Å². The van der Waals surface area contributed by atoms with E-state index in [0.717, 1.165) is 0 Å². The van der Waals surface area contributed by atoms with Gasteiger partial charge in [0.25, 0.3) is 0 Å². The summed E-state index contributed by atoms with van der Waals surface area (Å²) in [4.78, 5) is 47.2. The van der Waals surface area contributed by atoms with Crippen LogP contribution in [0, 0.1) is 0 Å². The first-order chi connectivity index (χ1) is 14.6. The van der Waals surface area contributed by atoms with E-state index < -0.39 is 31.4 Å². The largest absolute Gasteiger partial charge is 0.535 e. The minimum Gasteiger partial charge on any atom is -0.535 e. The van der Waals surface area contributed by atoms with E-state index in [1.165, 1.54) is 19.9 Å². The second-order valence-corrected chi connectivity index (χ2v) is 7.72. The van der Waals surface area contributed by atoms with Gasteiger partial charge in [0.15, 0.2) is 0 Å². The van der Waals surface area contributed by atoms with Crippen molar-refractivity contribution in [1.82, 2.24) is 0 Å². The van der Waals surface area contributed by atoms with Crippen molar-refractivity contribution >= 4 is 30.8 Å². The third-order valence-electron chi connectivity index (χ3n) is 4.55. The summed E-state index contributed by atoms with van der Waals surface area (Å²) in [5.41, 5.74) is 0.697. The molecule has 0 aromatic heterocycles. The zero-order valence-corrected chi connectivity index (χ0v) is 18.1. The van der Waals surface area contributed by atoms with Gasteiger partial charge in [0.1, 0.15) is 22.9 Å². The van der Waals surface area contributed by atoms with Gasteiger partial charge in [-0.2, -0.15) is 0 Å². The molecule has 9 nitrogen and oxygen atoms in total. The highest BCUT2D eigenvalue weighted by Crippen LogP contribution is 2.36. The normalized spacial score (nSPS) is 16.1. The molecule has 0 spiro atoms. The molecule has 1 unspecified atom stereocenters. The predicted octanol–water partition coefficient (Wildman–Crippen LogP) is 2.87. The lowest BCUT2D eigenvalue weighted by Crippen LogP contribution is -2.36. The average molecular weight is 434 g/mol. The van der Waals surface area contributed by atoms with Crippen molar-refractivity contribution in [2.45, 2.75) is 71.6 Å². The van der Waals surface area contributed by atoms with E-state index in [-0.39, 0.29) is 48.2 Å². The Kier molecular flexibility index (Phi) is 8.61. The van der Waals surface area contributed by atoms with E-state index in [1.807, 2.05) is 0 Å². The third kappa shape index (κ3) is 7.39. The summed E-state index contributed by atoms with van der Waals surface area (Å²) in [7, 11) is -1.29. The fraction of sp³-hybridized carbons (Fsp3) is 0.524. The second-order valence-electron chi connectivity index (χ2n) is 7.72. The maximum absolute atomic E-state index is 12.5. The van der Waals surface area contributed by atoms with Crippen LogP contribution in [0.15, 0.2) is 18.2 Å². The second kappa shape index (κ2) is 10.9. The van der Waals surface area contributed by atoms with Gasteiger partial charge in [-0.05, 0) is 38.8 Å². The lowest BCUT2D eigenvalue weighted by atomic mass is 9.64. The Morgan fingerprint density at radius 3 is 2.48 bits per heavy atom. The van der Waals surface area contributed by atoms with E-state index in [1.54, 1.807) is 26.0 Å². The van der Waals surface area contributed by atoms with Crippen LogP contribution < -0.4 is 4.65 Å². The molecule has 1 heterocycles. The molecule has 0 amide bonds. The van der Waals surface area contributed by atoms with Gasteiger partial charge in [0, 0.05) is 32.0 Å². The Morgan fingerprint density at radius 1 is 1.13 bits per heavy atom. The maximum Gasteiger partial charge on any atom is 0.526 e. The molecular weight excluding hydrogens is 407 g/mol.